The lowest BCUT2D eigenvalue weighted by atomic mass is 10.1. The van der Waals surface area contributed by atoms with Crippen LogP contribution in [0.1, 0.15) is 34.0 Å². The maximum absolute atomic E-state index is 13.3. The van der Waals surface area contributed by atoms with Crippen LogP contribution in [0.25, 0.3) is 5.69 Å². The molecule has 0 fully saturated rings. The summed E-state index contributed by atoms with van der Waals surface area (Å²) in [6.07, 6.45) is 7.65. The van der Waals surface area contributed by atoms with Gasteiger partial charge in [0.25, 0.3) is 5.91 Å². The van der Waals surface area contributed by atoms with Crippen molar-refractivity contribution in [1.29, 1.82) is 0 Å². The van der Waals surface area contributed by atoms with Crippen LogP contribution in [-0.4, -0.2) is 30.6 Å². The summed E-state index contributed by atoms with van der Waals surface area (Å²) >= 11 is 0. The number of aryl methyl sites for hydroxylation is 1. The van der Waals surface area contributed by atoms with E-state index in [4.69, 9.17) is 0 Å². The van der Waals surface area contributed by atoms with Crippen LogP contribution in [0.5, 0.6) is 0 Å². The van der Waals surface area contributed by atoms with Crippen molar-refractivity contribution in [2.24, 2.45) is 0 Å². The van der Waals surface area contributed by atoms with Crippen LogP contribution in [0.4, 0.5) is 0 Å². The molecule has 6 heteroatoms. The van der Waals surface area contributed by atoms with Crippen molar-refractivity contribution >= 4 is 5.91 Å². The SMILES string of the molecule is CCc1ccc(CN(Cc2cccnc2)C(=O)c2ccc(-n3cncn3)cc2)cc1. The molecule has 0 radical (unpaired) electrons. The topological polar surface area (TPSA) is 63.9 Å². The molecule has 0 N–H and O–H groups in total. The highest BCUT2D eigenvalue weighted by atomic mass is 16.2. The van der Waals surface area contributed by atoms with Gasteiger partial charge < -0.3 is 4.90 Å². The third kappa shape index (κ3) is 4.60. The summed E-state index contributed by atoms with van der Waals surface area (Å²) < 4.78 is 1.66. The Hall–Kier alpha value is -3.80. The molecule has 4 rings (SSSR count). The summed E-state index contributed by atoms with van der Waals surface area (Å²) in [5.41, 5.74) is 4.87. The summed E-state index contributed by atoms with van der Waals surface area (Å²) in [5.74, 6) is -0.0245. The third-order valence-electron chi connectivity index (χ3n) is 4.99. The molecule has 0 saturated carbocycles. The highest BCUT2D eigenvalue weighted by Gasteiger charge is 2.17. The molecular formula is C24H23N5O. The molecule has 6 nitrogen and oxygen atoms in total. The van der Waals surface area contributed by atoms with E-state index in [9.17, 15) is 4.79 Å². The van der Waals surface area contributed by atoms with E-state index in [-0.39, 0.29) is 5.91 Å². The summed E-state index contributed by atoms with van der Waals surface area (Å²) in [5, 5.41) is 4.13. The van der Waals surface area contributed by atoms with Gasteiger partial charge in [0.1, 0.15) is 12.7 Å². The molecule has 2 aromatic heterocycles. The predicted molar refractivity (Wildman–Crippen MR) is 115 cm³/mol. The number of carbonyl (C=O) groups excluding carboxylic acids is 1. The molecule has 2 heterocycles. The molecule has 0 aliphatic carbocycles. The summed E-state index contributed by atoms with van der Waals surface area (Å²) in [6.45, 7) is 3.16. The van der Waals surface area contributed by atoms with Gasteiger partial charge in [-0.05, 0) is 53.4 Å². The first-order chi connectivity index (χ1) is 14.7. The smallest absolute Gasteiger partial charge is 0.254 e. The van der Waals surface area contributed by atoms with E-state index in [1.165, 1.54) is 11.9 Å². The van der Waals surface area contributed by atoms with Crippen molar-refractivity contribution in [3.8, 4) is 5.69 Å². The minimum absolute atomic E-state index is 0.0245. The van der Waals surface area contributed by atoms with Crippen molar-refractivity contribution in [1.82, 2.24) is 24.6 Å². The predicted octanol–water partition coefficient (Wildman–Crippen LogP) is 4.07. The van der Waals surface area contributed by atoms with E-state index in [2.05, 4.69) is 46.3 Å². The van der Waals surface area contributed by atoms with Gasteiger partial charge in [0.05, 0.1) is 5.69 Å². The van der Waals surface area contributed by atoms with Crippen LogP contribution in [0.3, 0.4) is 0 Å². The van der Waals surface area contributed by atoms with E-state index in [1.807, 2.05) is 41.3 Å². The highest BCUT2D eigenvalue weighted by molar-refractivity contribution is 5.94. The van der Waals surface area contributed by atoms with Gasteiger partial charge in [-0.15, -0.1) is 0 Å². The zero-order valence-electron chi connectivity index (χ0n) is 16.8. The Kier molecular flexibility index (Phi) is 5.94. The summed E-state index contributed by atoms with van der Waals surface area (Å²) in [4.78, 5) is 23.3. The average Bonchev–Trinajstić information content (AvgIpc) is 3.34. The van der Waals surface area contributed by atoms with Gasteiger partial charge >= 0.3 is 0 Å². The number of hydrogen-bond acceptors (Lipinski definition) is 4. The van der Waals surface area contributed by atoms with Crippen molar-refractivity contribution in [3.05, 3.63) is 108 Å². The Morgan fingerprint density at radius 1 is 0.900 bits per heavy atom. The van der Waals surface area contributed by atoms with Crippen LogP contribution >= 0.6 is 0 Å². The molecule has 2 aromatic carbocycles. The Bertz CT molecular complexity index is 1070. The zero-order chi connectivity index (χ0) is 20.8. The van der Waals surface area contributed by atoms with Crippen molar-refractivity contribution in [2.45, 2.75) is 26.4 Å². The molecule has 150 valence electrons. The molecule has 0 bridgehead atoms. The summed E-state index contributed by atoms with van der Waals surface area (Å²) in [7, 11) is 0. The number of rotatable bonds is 7. The Labute approximate surface area is 175 Å². The number of carbonyl (C=O) groups is 1. The molecule has 0 atom stereocenters. The number of nitrogens with zero attached hydrogens (tertiary/aromatic N) is 5. The van der Waals surface area contributed by atoms with Crippen LogP contribution < -0.4 is 0 Å². The van der Waals surface area contributed by atoms with Gasteiger partial charge in [-0.1, -0.05) is 37.3 Å². The van der Waals surface area contributed by atoms with Crippen LogP contribution in [0.2, 0.25) is 0 Å². The van der Waals surface area contributed by atoms with Crippen molar-refractivity contribution < 1.29 is 4.79 Å². The van der Waals surface area contributed by atoms with E-state index in [0.29, 0.717) is 18.7 Å². The Morgan fingerprint density at radius 3 is 2.27 bits per heavy atom. The second-order valence-corrected chi connectivity index (χ2v) is 7.08. The van der Waals surface area contributed by atoms with Crippen LogP contribution in [0.15, 0.2) is 85.7 Å². The molecule has 30 heavy (non-hydrogen) atoms. The first kappa shape index (κ1) is 19.5. The van der Waals surface area contributed by atoms with Crippen molar-refractivity contribution in [3.63, 3.8) is 0 Å². The van der Waals surface area contributed by atoms with Gasteiger partial charge in [-0.25, -0.2) is 9.67 Å². The van der Waals surface area contributed by atoms with Gasteiger partial charge in [-0.2, -0.15) is 5.10 Å². The lowest BCUT2D eigenvalue weighted by Crippen LogP contribution is -2.30. The lowest BCUT2D eigenvalue weighted by molar-refractivity contribution is 0.0730. The number of benzene rings is 2. The first-order valence-electron chi connectivity index (χ1n) is 9.94. The molecule has 0 aliphatic heterocycles. The van der Waals surface area contributed by atoms with Gasteiger partial charge in [0.15, 0.2) is 0 Å². The monoisotopic (exact) mass is 397 g/mol. The minimum atomic E-state index is -0.0245. The second kappa shape index (κ2) is 9.13. The normalized spacial score (nSPS) is 10.7. The maximum Gasteiger partial charge on any atom is 0.254 e. The minimum Gasteiger partial charge on any atom is -0.330 e. The number of aromatic nitrogens is 4. The third-order valence-corrected chi connectivity index (χ3v) is 4.99. The zero-order valence-corrected chi connectivity index (χ0v) is 16.8. The fourth-order valence-electron chi connectivity index (χ4n) is 3.29. The van der Waals surface area contributed by atoms with Gasteiger partial charge in [0, 0.05) is 31.0 Å². The number of pyridine rings is 1. The molecule has 0 spiro atoms. The molecular weight excluding hydrogens is 374 g/mol. The maximum atomic E-state index is 13.3. The van der Waals surface area contributed by atoms with E-state index in [0.717, 1.165) is 23.2 Å². The molecule has 0 aliphatic rings. The average molecular weight is 397 g/mol. The number of amides is 1. The largest absolute Gasteiger partial charge is 0.330 e. The quantitative estimate of drug-likeness (QED) is 0.472. The van der Waals surface area contributed by atoms with E-state index >= 15 is 0 Å². The standard InChI is InChI=1S/C24H23N5O/c1-2-19-5-7-20(8-6-19)15-28(16-21-4-3-13-25-14-21)24(30)22-9-11-23(12-10-22)29-18-26-17-27-29/h3-14,17-18H,2,15-16H2,1H3. The van der Waals surface area contributed by atoms with E-state index in [1.54, 1.807) is 23.4 Å². The number of hydrogen-bond donors (Lipinski definition) is 0. The molecule has 4 aromatic rings. The first-order valence-corrected chi connectivity index (χ1v) is 9.94. The van der Waals surface area contributed by atoms with Crippen LogP contribution in [-0.2, 0) is 19.5 Å². The van der Waals surface area contributed by atoms with E-state index < -0.39 is 0 Å². The molecule has 0 saturated heterocycles. The highest BCUT2D eigenvalue weighted by Crippen LogP contribution is 2.16. The Balaban J connectivity index is 1.57. The van der Waals surface area contributed by atoms with Crippen molar-refractivity contribution in [2.75, 3.05) is 0 Å². The fraction of sp³-hybridized carbons (Fsp3) is 0.167. The molecule has 0 unspecified atom stereocenters. The van der Waals surface area contributed by atoms with Gasteiger partial charge in [-0.3, -0.25) is 9.78 Å². The Morgan fingerprint density at radius 2 is 1.63 bits per heavy atom. The summed E-state index contributed by atoms with van der Waals surface area (Å²) in [6, 6.07) is 19.7. The van der Waals surface area contributed by atoms with Crippen LogP contribution in [0, 0.1) is 0 Å². The fourth-order valence-corrected chi connectivity index (χ4v) is 3.29. The lowest BCUT2D eigenvalue weighted by Gasteiger charge is -2.23. The molecule has 1 amide bonds. The second-order valence-electron chi connectivity index (χ2n) is 7.08. The van der Waals surface area contributed by atoms with Gasteiger partial charge in [0.2, 0.25) is 0 Å².